The van der Waals surface area contributed by atoms with E-state index in [1.165, 1.54) is 31.2 Å². The average molecular weight is 476 g/mol. The Labute approximate surface area is 186 Å². The summed E-state index contributed by atoms with van der Waals surface area (Å²) in [6, 6.07) is 11.2. The van der Waals surface area contributed by atoms with Crippen LogP contribution in [-0.2, 0) is 24.8 Å². The molecule has 0 saturated heterocycles. The Hall–Kier alpha value is -3.25. The molecule has 0 spiro atoms. The third-order valence-corrected chi connectivity index (χ3v) is 7.68. The zero-order chi connectivity index (χ0) is 22.9. The molecule has 4 rings (SSSR count). The molecule has 0 bridgehead atoms. The van der Waals surface area contributed by atoms with Gasteiger partial charge in [0.25, 0.3) is 20.0 Å². The summed E-state index contributed by atoms with van der Waals surface area (Å²) >= 11 is 0. The highest BCUT2D eigenvalue weighted by atomic mass is 32.2. The summed E-state index contributed by atoms with van der Waals surface area (Å²) in [5.41, 5.74) is 0.659. The number of amides is 1. The molecule has 2 aromatic carbocycles. The maximum atomic E-state index is 12.6. The molecule has 168 valence electrons. The number of rotatable bonds is 5. The van der Waals surface area contributed by atoms with Crippen LogP contribution in [0, 0.1) is 0 Å². The number of anilines is 1. The van der Waals surface area contributed by atoms with Crippen LogP contribution in [0.5, 0.6) is 0 Å². The van der Waals surface area contributed by atoms with Crippen LogP contribution in [0.15, 0.2) is 68.3 Å². The normalized spacial score (nSPS) is 19.0. The number of sulfonamides is 2. The molecule has 2 aliphatic heterocycles. The van der Waals surface area contributed by atoms with Gasteiger partial charge >= 0.3 is 0 Å². The van der Waals surface area contributed by atoms with Crippen LogP contribution in [0.25, 0.3) is 0 Å². The van der Waals surface area contributed by atoms with E-state index in [0.29, 0.717) is 24.4 Å². The van der Waals surface area contributed by atoms with Crippen molar-refractivity contribution in [2.24, 2.45) is 9.98 Å². The minimum Gasteiger partial charge on any atom is -0.324 e. The van der Waals surface area contributed by atoms with Gasteiger partial charge in [0.1, 0.15) is 17.7 Å². The monoisotopic (exact) mass is 475 g/mol. The van der Waals surface area contributed by atoms with Gasteiger partial charge in [-0.3, -0.25) is 24.2 Å². The van der Waals surface area contributed by atoms with E-state index in [9.17, 15) is 21.6 Å². The quantitative estimate of drug-likeness (QED) is 0.595. The minimum atomic E-state index is -3.82. The highest BCUT2D eigenvalue weighted by Gasteiger charge is 2.31. The lowest BCUT2D eigenvalue weighted by Gasteiger charge is -2.12. The van der Waals surface area contributed by atoms with Gasteiger partial charge in [-0.05, 0) is 43.7 Å². The molecule has 0 aromatic heterocycles. The lowest BCUT2D eigenvalue weighted by molar-refractivity contribution is -0.117. The van der Waals surface area contributed by atoms with E-state index in [1.54, 1.807) is 24.3 Å². The highest BCUT2D eigenvalue weighted by molar-refractivity contribution is 7.90. The van der Waals surface area contributed by atoms with E-state index < -0.39 is 32.0 Å². The second kappa shape index (κ2) is 8.36. The van der Waals surface area contributed by atoms with Crippen molar-refractivity contribution in [3.8, 4) is 0 Å². The first-order valence-electron chi connectivity index (χ1n) is 9.83. The molecule has 10 nitrogen and oxygen atoms in total. The lowest BCUT2D eigenvalue weighted by Crippen LogP contribution is -2.30. The maximum absolute atomic E-state index is 12.6. The Bertz CT molecular complexity index is 1350. The van der Waals surface area contributed by atoms with E-state index in [2.05, 4.69) is 24.7 Å². The third-order valence-electron chi connectivity index (χ3n) is 4.90. The molecule has 0 radical (unpaired) electrons. The molecular weight excluding hydrogens is 454 g/mol. The van der Waals surface area contributed by atoms with Gasteiger partial charge in [0.15, 0.2) is 0 Å². The fourth-order valence-electron chi connectivity index (χ4n) is 3.31. The van der Waals surface area contributed by atoms with Gasteiger partial charge < -0.3 is 5.32 Å². The summed E-state index contributed by atoms with van der Waals surface area (Å²) in [6.45, 7) is 2.10. The third kappa shape index (κ3) is 4.50. The minimum absolute atomic E-state index is 0.0126. The Kier molecular flexibility index (Phi) is 5.73. The average Bonchev–Trinajstić information content (AvgIpc) is 3.34. The fourth-order valence-corrected chi connectivity index (χ4v) is 5.68. The number of amidine groups is 2. The molecule has 2 aliphatic rings. The first-order valence-corrected chi connectivity index (χ1v) is 12.8. The molecule has 0 saturated carbocycles. The molecule has 2 heterocycles. The summed E-state index contributed by atoms with van der Waals surface area (Å²) in [5.74, 6) is -0.0203. The van der Waals surface area contributed by atoms with Gasteiger partial charge in [-0.2, -0.15) is 0 Å². The summed E-state index contributed by atoms with van der Waals surface area (Å²) in [7, 11) is -7.54. The van der Waals surface area contributed by atoms with Gasteiger partial charge in [-0.1, -0.05) is 18.2 Å². The maximum Gasteiger partial charge on any atom is 0.263 e. The van der Waals surface area contributed by atoms with Gasteiger partial charge in [0.2, 0.25) is 5.91 Å². The lowest BCUT2D eigenvalue weighted by atomic mass is 10.2. The van der Waals surface area contributed by atoms with Crippen molar-refractivity contribution in [3.05, 3.63) is 54.1 Å². The molecule has 12 heteroatoms. The topological polar surface area (TPSA) is 146 Å². The molecule has 32 heavy (non-hydrogen) atoms. The van der Waals surface area contributed by atoms with E-state index in [-0.39, 0.29) is 21.3 Å². The number of aliphatic imine (C=N–C) groups is 2. The predicted octanol–water partition coefficient (Wildman–Crippen LogP) is 1.22. The molecule has 1 atom stereocenters. The van der Waals surface area contributed by atoms with Gasteiger partial charge in [-0.15, -0.1) is 0 Å². The molecular formula is C20H21N5O5S2. The Balaban J connectivity index is 1.50. The van der Waals surface area contributed by atoms with Crippen LogP contribution in [0.1, 0.15) is 25.3 Å². The van der Waals surface area contributed by atoms with E-state index in [1.807, 2.05) is 0 Å². The van der Waals surface area contributed by atoms with Crippen molar-refractivity contribution < 1.29 is 21.6 Å². The zero-order valence-corrected chi connectivity index (χ0v) is 18.7. The smallest absolute Gasteiger partial charge is 0.263 e. The summed E-state index contributed by atoms with van der Waals surface area (Å²) in [5, 5.41) is 2.62. The number of hydrogen-bond acceptors (Lipinski definition) is 7. The van der Waals surface area contributed by atoms with E-state index in [4.69, 9.17) is 0 Å². The van der Waals surface area contributed by atoms with E-state index >= 15 is 0 Å². The van der Waals surface area contributed by atoms with Crippen molar-refractivity contribution in [2.75, 3.05) is 11.9 Å². The molecule has 1 amide bonds. The molecule has 0 unspecified atom stereocenters. The van der Waals surface area contributed by atoms with Gasteiger partial charge in [-0.25, -0.2) is 16.8 Å². The number of benzene rings is 2. The molecule has 2 aromatic rings. The number of carbonyl (C=O) groups is 1. The van der Waals surface area contributed by atoms with Crippen LogP contribution in [0.4, 0.5) is 5.69 Å². The number of hydrogen-bond donors (Lipinski definition) is 3. The van der Waals surface area contributed by atoms with Crippen molar-refractivity contribution in [1.82, 2.24) is 9.44 Å². The highest BCUT2D eigenvalue weighted by Crippen LogP contribution is 2.23. The van der Waals surface area contributed by atoms with Crippen LogP contribution in [-0.4, -0.2) is 47.0 Å². The van der Waals surface area contributed by atoms with Crippen LogP contribution in [0.2, 0.25) is 0 Å². The first kappa shape index (κ1) is 22.0. The number of nitrogens with one attached hydrogen (secondary N) is 3. The second-order valence-electron chi connectivity index (χ2n) is 7.31. The van der Waals surface area contributed by atoms with Gasteiger partial charge in [0, 0.05) is 24.2 Å². The second-order valence-corrected chi connectivity index (χ2v) is 10.6. The number of fused-ring (bicyclic) bond motifs is 1. The van der Waals surface area contributed by atoms with Crippen molar-refractivity contribution >= 4 is 43.3 Å². The summed E-state index contributed by atoms with van der Waals surface area (Å²) in [6.07, 6.45) is 1.37. The Morgan fingerprint density at radius 2 is 1.97 bits per heavy atom. The Morgan fingerprint density at radius 1 is 1.19 bits per heavy atom. The van der Waals surface area contributed by atoms with Crippen LogP contribution < -0.4 is 14.8 Å². The van der Waals surface area contributed by atoms with Crippen molar-refractivity contribution in [2.45, 2.75) is 35.6 Å². The standard InChI is InChI=1S/C20H21N5O5S2/c1-13(22-19-16-8-2-3-9-17(16)32(29,30)25-19)20(26)23-14-6-4-7-15(12-14)31(27,28)24-18-10-5-11-21-18/h2-4,6-9,12-13H,5,10-11H2,1H3,(H,21,24)(H,22,25)(H,23,26)/t13-/m0/s1. The largest absolute Gasteiger partial charge is 0.324 e. The number of nitrogens with zero attached hydrogens (tertiary/aromatic N) is 2. The first-order chi connectivity index (χ1) is 15.2. The van der Waals surface area contributed by atoms with Crippen LogP contribution >= 0.6 is 0 Å². The Morgan fingerprint density at radius 3 is 2.72 bits per heavy atom. The predicted molar refractivity (Wildman–Crippen MR) is 120 cm³/mol. The van der Waals surface area contributed by atoms with Crippen molar-refractivity contribution in [3.63, 3.8) is 0 Å². The van der Waals surface area contributed by atoms with Crippen molar-refractivity contribution in [1.29, 1.82) is 0 Å². The SMILES string of the molecule is C[C@H](N=C1NS(=O)(=O)c2ccccc21)C(=O)Nc1cccc(S(=O)(=O)NC2=NCCC2)c1. The zero-order valence-electron chi connectivity index (χ0n) is 17.1. The fraction of sp³-hybridized carbons (Fsp3) is 0.250. The van der Waals surface area contributed by atoms with E-state index in [0.717, 1.165) is 6.42 Å². The summed E-state index contributed by atoms with van der Waals surface area (Å²) in [4.78, 5) is 21.0. The van der Waals surface area contributed by atoms with Gasteiger partial charge in [0.05, 0.1) is 9.79 Å². The molecule has 0 aliphatic carbocycles. The molecule has 0 fully saturated rings. The molecule has 3 N–H and O–H groups in total. The summed E-state index contributed by atoms with van der Waals surface area (Å²) < 4.78 is 54.4. The van der Waals surface area contributed by atoms with Crippen LogP contribution in [0.3, 0.4) is 0 Å². The number of carbonyl (C=O) groups excluding carboxylic acids is 1.